The van der Waals surface area contributed by atoms with Crippen molar-refractivity contribution in [2.24, 2.45) is 14.1 Å². The Morgan fingerprint density at radius 2 is 1.81 bits per heavy atom. The fourth-order valence-corrected chi connectivity index (χ4v) is 4.46. The van der Waals surface area contributed by atoms with Crippen molar-refractivity contribution >= 4 is 16.9 Å². The Hall–Kier alpha value is -3.69. The van der Waals surface area contributed by atoms with E-state index in [-0.39, 0.29) is 11.5 Å². The van der Waals surface area contributed by atoms with Crippen LogP contribution in [0.15, 0.2) is 30.5 Å². The lowest BCUT2D eigenvalue weighted by Gasteiger charge is -2.32. The number of aryl methyl sites for hydroxylation is 2. The number of hydrogen-bond acceptors (Lipinski definition) is 4. The molecule has 1 aliphatic rings. The zero-order valence-electron chi connectivity index (χ0n) is 17.6. The van der Waals surface area contributed by atoms with Gasteiger partial charge in [-0.2, -0.15) is 10.2 Å². The van der Waals surface area contributed by atoms with Crippen molar-refractivity contribution in [3.8, 4) is 11.3 Å². The maximum Gasteiger partial charge on any atom is 0.275 e. The van der Waals surface area contributed by atoms with Crippen LogP contribution in [0.2, 0.25) is 0 Å². The summed E-state index contributed by atoms with van der Waals surface area (Å²) in [6.07, 6.45) is 2.07. The summed E-state index contributed by atoms with van der Waals surface area (Å²) >= 11 is 0. The molecular weight excluding hydrogens is 421 g/mol. The van der Waals surface area contributed by atoms with Crippen molar-refractivity contribution in [2.75, 3.05) is 6.54 Å². The van der Waals surface area contributed by atoms with Crippen LogP contribution in [0.4, 0.5) is 13.2 Å². The van der Waals surface area contributed by atoms with E-state index in [1.165, 1.54) is 4.68 Å². The minimum absolute atomic E-state index is 0.200. The summed E-state index contributed by atoms with van der Waals surface area (Å²) in [6, 6.07) is 5.09. The van der Waals surface area contributed by atoms with Gasteiger partial charge in [-0.05, 0) is 37.6 Å². The zero-order valence-corrected chi connectivity index (χ0v) is 17.6. The first-order chi connectivity index (χ1) is 15.3. The lowest BCUT2D eigenvalue weighted by atomic mass is 9.95. The van der Waals surface area contributed by atoms with E-state index in [4.69, 9.17) is 0 Å². The van der Waals surface area contributed by atoms with Gasteiger partial charge in [0.05, 0.1) is 22.8 Å². The van der Waals surface area contributed by atoms with Crippen LogP contribution >= 0.6 is 0 Å². The number of pyridine rings is 1. The van der Waals surface area contributed by atoms with Gasteiger partial charge >= 0.3 is 0 Å². The molecule has 1 atom stereocenters. The molecule has 10 heteroatoms. The van der Waals surface area contributed by atoms with Crippen LogP contribution in [0.1, 0.15) is 34.7 Å². The maximum absolute atomic E-state index is 13.8. The van der Waals surface area contributed by atoms with Gasteiger partial charge in [0.2, 0.25) is 0 Å². The molecule has 0 fully saturated rings. The topological polar surface area (TPSA) is 68.8 Å². The molecule has 32 heavy (non-hydrogen) atoms. The summed E-state index contributed by atoms with van der Waals surface area (Å²) in [7, 11) is 3.39. The Kier molecular flexibility index (Phi) is 4.54. The Balaban J connectivity index is 1.54. The lowest BCUT2D eigenvalue weighted by Crippen LogP contribution is -2.39. The van der Waals surface area contributed by atoms with Crippen LogP contribution in [0, 0.1) is 17.5 Å². The molecule has 164 valence electrons. The summed E-state index contributed by atoms with van der Waals surface area (Å²) in [5, 5.41) is 9.57. The maximum atomic E-state index is 13.8. The molecule has 0 bridgehead atoms. The number of fused-ring (bicyclic) bond motifs is 2. The average Bonchev–Trinajstić information content (AvgIpc) is 3.29. The van der Waals surface area contributed by atoms with Crippen LogP contribution in [0.3, 0.4) is 0 Å². The molecule has 1 aromatic carbocycles. The van der Waals surface area contributed by atoms with Crippen molar-refractivity contribution in [1.29, 1.82) is 0 Å². The lowest BCUT2D eigenvalue weighted by molar-refractivity contribution is 0.0668. The van der Waals surface area contributed by atoms with Crippen LogP contribution in [0.25, 0.3) is 22.3 Å². The fraction of sp³-hybridized carbons (Fsp3) is 0.273. The van der Waals surface area contributed by atoms with Gasteiger partial charge in [0.25, 0.3) is 5.91 Å². The summed E-state index contributed by atoms with van der Waals surface area (Å²) in [5.41, 5.74) is 3.04. The third-order valence-electron chi connectivity index (χ3n) is 5.96. The SMILES string of the molecule is CC1c2nn(C)c(-c3cc(F)c(F)c(F)c3)c2CCN1C(=O)c1nn(C)c2ncccc12. The van der Waals surface area contributed by atoms with Crippen molar-refractivity contribution < 1.29 is 18.0 Å². The first-order valence-electron chi connectivity index (χ1n) is 10.1. The summed E-state index contributed by atoms with van der Waals surface area (Å²) in [6.45, 7) is 2.22. The minimum atomic E-state index is -1.51. The van der Waals surface area contributed by atoms with Gasteiger partial charge in [0.1, 0.15) is 0 Å². The van der Waals surface area contributed by atoms with E-state index in [9.17, 15) is 18.0 Å². The standard InChI is InChI=1S/C22H19F3N6O/c1-11-18-13(20(29(2)27-18)12-9-15(23)17(25)16(24)10-12)6-8-31(11)22(32)19-14-5-4-7-26-21(14)30(3)28-19/h4-5,7,9-11H,6,8H2,1-3H3. The van der Waals surface area contributed by atoms with Crippen molar-refractivity contribution in [1.82, 2.24) is 29.4 Å². The van der Waals surface area contributed by atoms with Crippen molar-refractivity contribution in [3.05, 3.63) is 64.9 Å². The Labute approximate surface area is 181 Å². The summed E-state index contributed by atoms with van der Waals surface area (Å²) < 4.78 is 44.2. The average molecular weight is 440 g/mol. The number of nitrogens with zero attached hydrogens (tertiary/aromatic N) is 6. The molecule has 0 N–H and O–H groups in total. The molecule has 7 nitrogen and oxygen atoms in total. The fourth-order valence-electron chi connectivity index (χ4n) is 4.46. The van der Waals surface area contributed by atoms with Crippen molar-refractivity contribution in [3.63, 3.8) is 0 Å². The van der Waals surface area contributed by atoms with Crippen LogP contribution in [0.5, 0.6) is 0 Å². The number of benzene rings is 1. The largest absolute Gasteiger partial charge is 0.328 e. The monoisotopic (exact) mass is 440 g/mol. The van der Waals surface area contributed by atoms with Crippen molar-refractivity contribution in [2.45, 2.75) is 19.4 Å². The normalized spacial score (nSPS) is 15.9. The highest BCUT2D eigenvalue weighted by atomic mass is 19.2. The third-order valence-corrected chi connectivity index (χ3v) is 5.96. The Morgan fingerprint density at radius 3 is 2.53 bits per heavy atom. The predicted octanol–water partition coefficient (Wildman–Crippen LogP) is 3.55. The molecule has 0 saturated heterocycles. The number of rotatable bonds is 2. The first-order valence-corrected chi connectivity index (χ1v) is 10.1. The highest BCUT2D eigenvalue weighted by Crippen LogP contribution is 2.37. The van der Waals surface area contributed by atoms with Gasteiger partial charge in [-0.15, -0.1) is 0 Å². The van der Waals surface area contributed by atoms with E-state index in [0.717, 1.165) is 17.7 Å². The molecule has 1 aliphatic heterocycles. The number of carbonyl (C=O) groups excluding carboxylic acids is 1. The highest BCUT2D eigenvalue weighted by Gasteiger charge is 2.35. The molecule has 0 spiro atoms. The molecule has 1 amide bonds. The molecule has 5 rings (SSSR count). The number of halogens is 3. The summed E-state index contributed by atoms with van der Waals surface area (Å²) in [4.78, 5) is 19.3. The van der Waals surface area contributed by atoms with Crippen LogP contribution in [-0.4, -0.2) is 41.9 Å². The second kappa shape index (κ2) is 7.18. The minimum Gasteiger partial charge on any atom is -0.328 e. The van der Waals surface area contributed by atoms with Gasteiger partial charge in [0.15, 0.2) is 28.8 Å². The highest BCUT2D eigenvalue weighted by molar-refractivity contribution is 6.04. The van der Waals surface area contributed by atoms with E-state index in [1.807, 2.05) is 6.92 Å². The molecule has 4 heterocycles. The number of hydrogen-bond donors (Lipinski definition) is 0. The van der Waals surface area contributed by atoms with E-state index in [2.05, 4.69) is 15.2 Å². The molecule has 4 aromatic rings. The Morgan fingerprint density at radius 1 is 1.09 bits per heavy atom. The van der Waals surface area contributed by atoms with Gasteiger partial charge in [-0.3, -0.25) is 9.48 Å². The summed E-state index contributed by atoms with van der Waals surface area (Å²) in [5.74, 6) is -4.27. The first kappa shape index (κ1) is 20.2. The molecule has 1 unspecified atom stereocenters. The second-order valence-electron chi connectivity index (χ2n) is 7.86. The van der Waals surface area contributed by atoms with Gasteiger partial charge in [-0.1, -0.05) is 0 Å². The smallest absolute Gasteiger partial charge is 0.275 e. The quantitative estimate of drug-likeness (QED) is 0.447. The number of aromatic nitrogens is 5. The van der Waals surface area contributed by atoms with Gasteiger partial charge < -0.3 is 4.90 Å². The van der Waals surface area contributed by atoms with E-state index >= 15 is 0 Å². The zero-order chi connectivity index (χ0) is 22.7. The molecule has 0 aliphatic carbocycles. The molecule has 0 radical (unpaired) electrons. The molecule has 3 aromatic heterocycles. The Bertz CT molecular complexity index is 1370. The van der Waals surface area contributed by atoms with Gasteiger partial charge in [0, 0.05) is 38.0 Å². The van der Waals surface area contributed by atoms with Gasteiger partial charge in [-0.25, -0.2) is 22.8 Å². The third kappa shape index (κ3) is 2.89. The van der Waals surface area contributed by atoms with E-state index in [0.29, 0.717) is 41.1 Å². The predicted molar refractivity (Wildman–Crippen MR) is 110 cm³/mol. The van der Waals surface area contributed by atoms with Crippen LogP contribution in [-0.2, 0) is 20.5 Å². The molecule has 0 saturated carbocycles. The number of amides is 1. The van der Waals surface area contributed by atoms with Crippen LogP contribution < -0.4 is 0 Å². The number of carbonyl (C=O) groups is 1. The van der Waals surface area contributed by atoms with E-state index < -0.39 is 23.5 Å². The second-order valence-corrected chi connectivity index (χ2v) is 7.86. The van der Waals surface area contributed by atoms with E-state index in [1.54, 1.807) is 42.0 Å². The molecular formula is C22H19F3N6O.